The summed E-state index contributed by atoms with van der Waals surface area (Å²) in [7, 11) is 0. The number of hydrogen-bond donors (Lipinski definition) is 1. The largest absolute Gasteiger partial charge is 0.316 e. The van der Waals surface area contributed by atoms with E-state index in [9.17, 15) is 0 Å². The van der Waals surface area contributed by atoms with Gasteiger partial charge in [-0.3, -0.25) is 0 Å². The van der Waals surface area contributed by atoms with Gasteiger partial charge >= 0.3 is 0 Å². The summed E-state index contributed by atoms with van der Waals surface area (Å²) in [5.74, 6) is 2.02. The van der Waals surface area contributed by atoms with Crippen molar-refractivity contribution in [2.75, 3.05) is 13.1 Å². The molecule has 1 heterocycles. The second-order valence-corrected chi connectivity index (χ2v) is 6.89. The summed E-state index contributed by atoms with van der Waals surface area (Å²) < 4.78 is 0. The number of hydrogen-bond acceptors (Lipinski definition) is 1. The van der Waals surface area contributed by atoms with Crippen LogP contribution < -0.4 is 5.32 Å². The molecule has 0 amide bonds. The molecule has 1 aliphatic carbocycles. The van der Waals surface area contributed by atoms with Crippen molar-refractivity contribution >= 4 is 0 Å². The first-order valence-electron chi connectivity index (χ1n) is 8.51. The van der Waals surface area contributed by atoms with Gasteiger partial charge in [0.1, 0.15) is 0 Å². The molecule has 0 aromatic carbocycles. The predicted octanol–water partition coefficient (Wildman–Crippen LogP) is 4.76. The lowest BCUT2D eigenvalue weighted by Gasteiger charge is -2.45. The van der Waals surface area contributed by atoms with Crippen LogP contribution in [0.25, 0.3) is 0 Å². The van der Waals surface area contributed by atoms with E-state index in [0.717, 1.165) is 17.3 Å². The fraction of sp³-hybridized carbons (Fsp3) is 1.00. The van der Waals surface area contributed by atoms with Gasteiger partial charge < -0.3 is 5.32 Å². The van der Waals surface area contributed by atoms with Gasteiger partial charge in [0.05, 0.1) is 0 Å². The van der Waals surface area contributed by atoms with Crippen molar-refractivity contribution in [3.05, 3.63) is 0 Å². The second-order valence-electron chi connectivity index (χ2n) is 6.89. The highest BCUT2D eigenvalue weighted by atomic mass is 14.9. The van der Waals surface area contributed by atoms with E-state index in [1.807, 2.05) is 0 Å². The minimum Gasteiger partial charge on any atom is -0.316 e. The minimum atomic E-state index is 0.726. The summed E-state index contributed by atoms with van der Waals surface area (Å²) in [4.78, 5) is 0. The number of piperidine rings is 1. The highest BCUT2D eigenvalue weighted by Crippen LogP contribution is 2.48. The third-order valence-corrected chi connectivity index (χ3v) is 5.73. The van der Waals surface area contributed by atoms with Crippen molar-refractivity contribution in [1.82, 2.24) is 5.32 Å². The summed E-state index contributed by atoms with van der Waals surface area (Å²) in [6.45, 7) is 7.29. The molecule has 3 unspecified atom stereocenters. The fourth-order valence-corrected chi connectivity index (χ4v) is 4.65. The van der Waals surface area contributed by atoms with Crippen LogP contribution in [0.1, 0.15) is 78.1 Å². The Morgan fingerprint density at radius 2 is 1.83 bits per heavy atom. The zero-order chi connectivity index (χ0) is 12.8. The van der Waals surface area contributed by atoms with Crippen LogP contribution in [-0.4, -0.2) is 13.1 Å². The highest BCUT2D eigenvalue weighted by molar-refractivity contribution is 4.93. The van der Waals surface area contributed by atoms with Crippen LogP contribution in [0.4, 0.5) is 0 Å². The molecule has 1 saturated carbocycles. The molecule has 1 saturated heterocycles. The molecule has 0 aromatic rings. The maximum absolute atomic E-state index is 3.65. The van der Waals surface area contributed by atoms with Crippen LogP contribution >= 0.6 is 0 Å². The number of rotatable bonds is 4. The molecule has 1 heteroatoms. The minimum absolute atomic E-state index is 0.726. The Kier molecular flexibility index (Phi) is 5.54. The zero-order valence-corrected chi connectivity index (χ0v) is 12.6. The Morgan fingerprint density at radius 1 is 1.00 bits per heavy atom. The third kappa shape index (κ3) is 3.29. The quantitative estimate of drug-likeness (QED) is 0.759. The zero-order valence-electron chi connectivity index (χ0n) is 12.6. The lowest BCUT2D eigenvalue weighted by Crippen LogP contribution is -2.45. The SMILES string of the molecule is CCCC1CCCC2(CCNCC2CCC)CC1. The Morgan fingerprint density at radius 3 is 2.61 bits per heavy atom. The predicted molar refractivity (Wildman–Crippen MR) is 79.8 cm³/mol. The average molecular weight is 251 g/mol. The molecule has 0 radical (unpaired) electrons. The number of nitrogens with one attached hydrogen (secondary N) is 1. The molecule has 2 fully saturated rings. The van der Waals surface area contributed by atoms with Crippen LogP contribution in [0.5, 0.6) is 0 Å². The Labute approximate surface area is 114 Å². The van der Waals surface area contributed by atoms with Gasteiger partial charge in [0.15, 0.2) is 0 Å². The van der Waals surface area contributed by atoms with Gasteiger partial charge in [-0.1, -0.05) is 46.0 Å². The van der Waals surface area contributed by atoms with Gasteiger partial charge in [0, 0.05) is 0 Å². The molecule has 3 atom stereocenters. The Balaban J connectivity index is 1.99. The molecule has 1 nitrogen and oxygen atoms in total. The summed E-state index contributed by atoms with van der Waals surface area (Å²) in [6.07, 6.45) is 14.7. The summed E-state index contributed by atoms with van der Waals surface area (Å²) in [6, 6.07) is 0. The highest BCUT2D eigenvalue weighted by Gasteiger charge is 2.40. The maximum atomic E-state index is 3.65. The monoisotopic (exact) mass is 251 g/mol. The molecule has 1 aliphatic heterocycles. The van der Waals surface area contributed by atoms with E-state index < -0.39 is 0 Å². The first-order chi connectivity index (χ1) is 8.80. The Hall–Kier alpha value is -0.0400. The van der Waals surface area contributed by atoms with Gasteiger partial charge in [-0.05, 0) is 62.4 Å². The molecular weight excluding hydrogens is 218 g/mol. The lowest BCUT2D eigenvalue weighted by atomic mass is 9.64. The summed E-state index contributed by atoms with van der Waals surface area (Å²) in [5.41, 5.74) is 0.726. The molecule has 1 N–H and O–H groups in total. The van der Waals surface area contributed by atoms with Crippen LogP contribution in [-0.2, 0) is 0 Å². The van der Waals surface area contributed by atoms with E-state index in [1.165, 1.54) is 77.3 Å². The maximum Gasteiger partial charge on any atom is -0.00152 e. The second kappa shape index (κ2) is 6.93. The normalized spacial score (nSPS) is 37.7. The lowest BCUT2D eigenvalue weighted by molar-refractivity contribution is 0.0777. The van der Waals surface area contributed by atoms with Crippen LogP contribution in [0.15, 0.2) is 0 Å². The molecule has 2 aliphatic rings. The first kappa shape index (κ1) is 14.4. The van der Waals surface area contributed by atoms with Gasteiger partial charge in [0.2, 0.25) is 0 Å². The standard InChI is InChI=1S/C17H33N/c1-3-6-15-8-5-10-17(11-9-15)12-13-18-14-16(17)7-4-2/h15-16,18H,3-14H2,1-2H3. The smallest absolute Gasteiger partial charge is 0.00152 e. The molecule has 2 rings (SSSR count). The van der Waals surface area contributed by atoms with Crippen LogP contribution in [0.2, 0.25) is 0 Å². The van der Waals surface area contributed by atoms with Crippen molar-refractivity contribution in [1.29, 1.82) is 0 Å². The molecular formula is C17H33N. The van der Waals surface area contributed by atoms with Gasteiger partial charge in [-0.25, -0.2) is 0 Å². The first-order valence-corrected chi connectivity index (χ1v) is 8.51. The molecule has 0 aromatic heterocycles. The van der Waals surface area contributed by atoms with Crippen LogP contribution in [0.3, 0.4) is 0 Å². The van der Waals surface area contributed by atoms with Crippen molar-refractivity contribution in [3.63, 3.8) is 0 Å². The van der Waals surface area contributed by atoms with Crippen molar-refractivity contribution in [3.8, 4) is 0 Å². The van der Waals surface area contributed by atoms with Gasteiger partial charge in [0.25, 0.3) is 0 Å². The van der Waals surface area contributed by atoms with Crippen molar-refractivity contribution in [2.45, 2.75) is 78.1 Å². The van der Waals surface area contributed by atoms with Crippen molar-refractivity contribution in [2.24, 2.45) is 17.3 Å². The van der Waals surface area contributed by atoms with E-state index in [4.69, 9.17) is 0 Å². The summed E-state index contributed by atoms with van der Waals surface area (Å²) >= 11 is 0. The van der Waals surface area contributed by atoms with E-state index in [2.05, 4.69) is 19.2 Å². The average Bonchev–Trinajstić information content (AvgIpc) is 2.57. The third-order valence-electron chi connectivity index (χ3n) is 5.73. The molecule has 18 heavy (non-hydrogen) atoms. The molecule has 0 bridgehead atoms. The van der Waals surface area contributed by atoms with Crippen molar-refractivity contribution < 1.29 is 0 Å². The molecule has 1 spiro atoms. The topological polar surface area (TPSA) is 12.0 Å². The van der Waals surface area contributed by atoms with E-state index >= 15 is 0 Å². The van der Waals surface area contributed by atoms with E-state index in [0.29, 0.717) is 0 Å². The van der Waals surface area contributed by atoms with Crippen LogP contribution in [0, 0.1) is 17.3 Å². The fourth-order valence-electron chi connectivity index (χ4n) is 4.65. The summed E-state index contributed by atoms with van der Waals surface area (Å²) in [5, 5.41) is 3.65. The Bertz CT molecular complexity index is 236. The van der Waals surface area contributed by atoms with Gasteiger partial charge in [-0.15, -0.1) is 0 Å². The van der Waals surface area contributed by atoms with Gasteiger partial charge in [-0.2, -0.15) is 0 Å². The van der Waals surface area contributed by atoms with E-state index in [1.54, 1.807) is 0 Å². The van der Waals surface area contributed by atoms with E-state index in [-0.39, 0.29) is 0 Å². The molecule has 106 valence electrons.